The standard InChI is InChI=1S/C26H22F2N4O2S/c1-15-6-2-4-8-20(15)31-23-21(32-25(34)19-14-35-22-9-5-3-7-18(19)22)10-16(13-29-23)24(33)30-17-11-26(27,28)12-17/h2-10,13-14,17H,11-12H2,1H3,(H,29,31)(H,30,33)(H,32,34). The molecule has 9 heteroatoms. The van der Waals surface area contributed by atoms with Crippen molar-refractivity contribution in [1.29, 1.82) is 0 Å². The van der Waals surface area contributed by atoms with Crippen LogP contribution in [0.15, 0.2) is 66.2 Å². The molecule has 0 unspecified atom stereocenters. The largest absolute Gasteiger partial charge is 0.349 e. The third-order valence-corrected chi connectivity index (χ3v) is 6.91. The SMILES string of the molecule is Cc1ccccc1Nc1ncc(C(=O)NC2CC(F)(F)C2)cc1NC(=O)c1csc2ccccc12. The molecule has 0 spiro atoms. The van der Waals surface area contributed by atoms with Gasteiger partial charge in [0.15, 0.2) is 5.82 Å². The molecule has 4 aromatic rings. The van der Waals surface area contributed by atoms with Gasteiger partial charge >= 0.3 is 0 Å². The van der Waals surface area contributed by atoms with E-state index in [1.807, 2.05) is 55.5 Å². The molecule has 2 heterocycles. The fraction of sp³-hybridized carbons (Fsp3) is 0.192. The molecule has 1 fully saturated rings. The molecule has 0 bridgehead atoms. The van der Waals surface area contributed by atoms with Crippen LogP contribution in [-0.2, 0) is 0 Å². The highest BCUT2D eigenvalue weighted by Crippen LogP contribution is 2.37. The van der Waals surface area contributed by atoms with Crippen LogP contribution in [0.25, 0.3) is 10.1 Å². The zero-order valence-corrected chi connectivity index (χ0v) is 19.6. The van der Waals surface area contributed by atoms with E-state index in [4.69, 9.17) is 0 Å². The molecule has 178 valence electrons. The highest BCUT2D eigenvalue weighted by atomic mass is 32.1. The first-order valence-corrected chi connectivity index (χ1v) is 12.0. The van der Waals surface area contributed by atoms with Crippen molar-refractivity contribution in [2.45, 2.75) is 31.7 Å². The number of fused-ring (bicyclic) bond motifs is 1. The first-order chi connectivity index (χ1) is 16.8. The summed E-state index contributed by atoms with van der Waals surface area (Å²) < 4.78 is 27.3. The Morgan fingerprint density at radius 2 is 1.77 bits per heavy atom. The molecule has 0 saturated heterocycles. The van der Waals surface area contributed by atoms with Crippen LogP contribution >= 0.6 is 11.3 Å². The number of aryl methyl sites for hydroxylation is 1. The summed E-state index contributed by atoms with van der Waals surface area (Å²) in [6.07, 6.45) is 0.601. The number of alkyl halides is 2. The number of nitrogens with zero attached hydrogens (tertiary/aromatic N) is 1. The van der Waals surface area contributed by atoms with E-state index in [2.05, 4.69) is 20.9 Å². The maximum absolute atomic E-state index is 13.2. The quantitative estimate of drug-likeness (QED) is 0.302. The molecule has 6 nitrogen and oxygen atoms in total. The zero-order chi connectivity index (χ0) is 24.6. The molecule has 5 rings (SSSR count). The van der Waals surface area contributed by atoms with E-state index in [9.17, 15) is 18.4 Å². The number of thiophene rings is 1. The Bertz CT molecular complexity index is 1430. The number of para-hydroxylation sites is 1. The third-order valence-electron chi connectivity index (χ3n) is 5.95. The highest BCUT2D eigenvalue weighted by Gasteiger charge is 2.46. The fourth-order valence-corrected chi connectivity index (χ4v) is 4.94. The van der Waals surface area contributed by atoms with Gasteiger partial charge in [-0.05, 0) is 30.7 Å². The number of nitrogens with one attached hydrogen (secondary N) is 3. The Balaban J connectivity index is 1.44. The van der Waals surface area contributed by atoms with E-state index in [0.29, 0.717) is 17.1 Å². The van der Waals surface area contributed by atoms with Gasteiger partial charge in [0, 0.05) is 46.2 Å². The number of carbonyl (C=O) groups is 2. The van der Waals surface area contributed by atoms with Crippen LogP contribution < -0.4 is 16.0 Å². The molecule has 1 saturated carbocycles. The summed E-state index contributed by atoms with van der Waals surface area (Å²) in [5.74, 6) is -3.23. The molecule has 2 aromatic heterocycles. The smallest absolute Gasteiger partial charge is 0.257 e. The van der Waals surface area contributed by atoms with Gasteiger partial charge in [0.05, 0.1) is 16.8 Å². The van der Waals surface area contributed by atoms with E-state index in [1.165, 1.54) is 23.6 Å². The number of benzene rings is 2. The fourth-order valence-electron chi connectivity index (χ4n) is 4.00. The van der Waals surface area contributed by atoms with Crippen LogP contribution in [0, 0.1) is 6.92 Å². The summed E-state index contributed by atoms with van der Waals surface area (Å²) in [7, 11) is 0. The Morgan fingerprint density at radius 1 is 1.03 bits per heavy atom. The molecule has 1 aliphatic rings. The van der Waals surface area contributed by atoms with Crippen molar-refractivity contribution in [3.63, 3.8) is 0 Å². The van der Waals surface area contributed by atoms with E-state index in [0.717, 1.165) is 21.3 Å². The summed E-state index contributed by atoms with van der Waals surface area (Å²) in [6.45, 7) is 1.94. The average molecular weight is 493 g/mol. The van der Waals surface area contributed by atoms with Gasteiger partial charge in [0.1, 0.15) is 0 Å². The predicted molar refractivity (Wildman–Crippen MR) is 134 cm³/mol. The van der Waals surface area contributed by atoms with E-state index >= 15 is 0 Å². The predicted octanol–water partition coefficient (Wildman–Crippen LogP) is 6.13. The summed E-state index contributed by atoms with van der Waals surface area (Å²) in [4.78, 5) is 30.3. The summed E-state index contributed by atoms with van der Waals surface area (Å²) in [5, 5.41) is 11.3. The second kappa shape index (κ2) is 9.07. The Morgan fingerprint density at radius 3 is 2.54 bits per heavy atom. The Kier molecular flexibility index (Phi) is 5.94. The maximum atomic E-state index is 13.2. The lowest BCUT2D eigenvalue weighted by molar-refractivity contribution is -0.0901. The minimum atomic E-state index is -2.74. The van der Waals surface area contributed by atoms with Crippen molar-refractivity contribution < 1.29 is 18.4 Å². The molecule has 0 atom stereocenters. The second-order valence-corrected chi connectivity index (χ2v) is 9.51. The van der Waals surface area contributed by atoms with Gasteiger partial charge in [-0.2, -0.15) is 0 Å². The van der Waals surface area contributed by atoms with Crippen LogP contribution in [0.2, 0.25) is 0 Å². The van der Waals surface area contributed by atoms with Gasteiger partial charge in [-0.25, -0.2) is 13.8 Å². The van der Waals surface area contributed by atoms with Crippen LogP contribution in [0.4, 0.5) is 26.0 Å². The van der Waals surface area contributed by atoms with Crippen molar-refractivity contribution >= 4 is 50.4 Å². The Labute approximate surface area is 204 Å². The van der Waals surface area contributed by atoms with Gasteiger partial charge < -0.3 is 16.0 Å². The molecule has 2 aromatic carbocycles. The maximum Gasteiger partial charge on any atom is 0.257 e. The molecule has 2 amide bonds. The van der Waals surface area contributed by atoms with Gasteiger partial charge in [0.2, 0.25) is 0 Å². The van der Waals surface area contributed by atoms with Crippen molar-refractivity contribution in [3.05, 3.63) is 82.9 Å². The molecular weight excluding hydrogens is 470 g/mol. The highest BCUT2D eigenvalue weighted by molar-refractivity contribution is 7.17. The van der Waals surface area contributed by atoms with Crippen molar-refractivity contribution in [1.82, 2.24) is 10.3 Å². The van der Waals surface area contributed by atoms with Crippen molar-refractivity contribution in [2.75, 3.05) is 10.6 Å². The van der Waals surface area contributed by atoms with E-state index in [-0.39, 0.29) is 24.3 Å². The zero-order valence-electron chi connectivity index (χ0n) is 18.8. The van der Waals surface area contributed by atoms with E-state index in [1.54, 1.807) is 5.38 Å². The minimum absolute atomic E-state index is 0.168. The number of hydrogen-bond acceptors (Lipinski definition) is 5. The van der Waals surface area contributed by atoms with Crippen LogP contribution in [-0.4, -0.2) is 28.8 Å². The molecular formula is C26H22F2N4O2S. The second-order valence-electron chi connectivity index (χ2n) is 8.59. The van der Waals surface area contributed by atoms with Crippen molar-refractivity contribution in [2.24, 2.45) is 0 Å². The van der Waals surface area contributed by atoms with Gasteiger partial charge in [0.25, 0.3) is 17.7 Å². The number of pyridine rings is 1. The number of rotatable bonds is 6. The molecule has 35 heavy (non-hydrogen) atoms. The van der Waals surface area contributed by atoms with E-state index < -0.39 is 17.9 Å². The number of halogens is 2. The number of anilines is 3. The first kappa shape index (κ1) is 22.9. The normalized spacial score (nSPS) is 14.8. The number of carbonyl (C=O) groups excluding carboxylic acids is 2. The van der Waals surface area contributed by atoms with Crippen LogP contribution in [0.1, 0.15) is 39.1 Å². The lowest BCUT2D eigenvalue weighted by atomic mass is 9.88. The molecule has 0 radical (unpaired) electrons. The summed E-state index contributed by atoms with van der Waals surface area (Å²) >= 11 is 1.47. The molecule has 0 aliphatic heterocycles. The average Bonchev–Trinajstić information content (AvgIpc) is 3.24. The lowest BCUT2D eigenvalue weighted by Gasteiger charge is -2.35. The van der Waals surface area contributed by atoms with Crippen molar-refractivity contribution in [3.8, 4) is 0 Å². The number of hydrogen-bond donors (Lipinski definition) is 3. The topological polar surface area (TPSA) is 83.1 Å². The minimum Gasteiger partial charge on any atom is -0.349 e. The number of aromatic nitrogens is 1. The van der Waals surface area contributed by atoms with Crippen LogP contribution in [0.3, 0.4) is 0 Å². The Hall–Kier alpha value is -3.85. The monoisotopic (exact) mass is 492 g/mol. The lowest BCUT2D eigenvalue weighted by Crippen LogP contribution is -2.50. The summed E-state index contributed by atoms with van der Waals surface area (Å²) in [5.41, 5.74) is 2.76. The first-order valence-electron chi connectivity index (χ1n) is 11.1. The van der Waals surface area contributed by atoms with Gasteiger partial charge in [-0.15, -0.1) is 11.3 Å². The molecule has 1 aliphatic carbocycles. The van der Waals surface area contributed by atoms with Crippen LogP contribution in [0.5, 0.6) is 0 Å². The molecule has 3 N–H and O–H groups in total. The van der Waals surface area contributed by atoms with Gasteiger partial charge in [-0.3, -0.25) is 9.59 Å². The summed E-state index contributed by atoms with van der Waals surface area (Å²) in [6, 6.07) is 16.1. The number of amides is 2. The third kappa shape index (κ3) is 4.85. The van der Waals surface area contributed by atoms with Gasteiger partial charge in [-0.1, -0.05) is 36.4 Å².